The van der Waals surface area contributed by atoms with E-state index in [0.29, 0.717) is 0 Å². The molecule has 19 heavy (non-hydrogen) atoms. The van der Waals surface area contributed by atoms with Crippen molar-refractivity contribution in [3.8, 4) is 0 Å². The molecule has 0 aliphatic carbocycles. The molecule has 0 aromatic heterocycles. The highest BCUT2D eigenvalue weighted by atomic mass is 15.1. The number of hydrogen-bond acceptors (Lipinski definition) is 2. The molecule has 2 aliphatic heterocycles. The van der Waals surface area contributed by atoms with E-state index in [1.165, 1.54) is 84.1 Å². The van der Waals surface area contributed by atoms with Gasteiger partial charge in [-0.05, 0) is 83.7 Å². The molecule has 0 aromatic rings. The first-order chi connectivity index (χ1) is 9.29. The predicted octanol–water partition coefficient (Wildman–Crippen LogP) is 3.62. The van der Waals surface area contributed by atoms with Gasteiger partial charge in [-0.2, -0.15) is 0 Å². The molecule has 0 N–H and O–H groups in total. The summed E-state index contributed by atoms with van der Waals surface area (Å²) in [5.41, 5.74) is 0. The van der Waals surface area contributed by atoms with Gasteiger partial charge in [-0.1, -0.05) is 26.2 Å². The highest BCUT2D eigenvalue weighted by Crippen LogP contribution is 2.32. The molecule has 2 saturated heterocycles. The third-order valence-corrected chi connectivity index (χ3v) is 5.39. The average molecular weight is 266 g/mol. The van der Waals surface area contributed by atoms with Gasteiger partial charge in [0.05, 0.1) is 0 Å². The summed E-state index contributed by atoms with van der Waals surface area (Å²) in [5.74, 6) is 2.08. The van der Waals surface area contributed by atoms with Crippen LogP contribution in [0.5, 0.6) is 0 Å². The molecular weight excluding hydrogens is 232 g/mol. The normalized spacial score (nSPS) is 24.9. The Labute approximate surface area is 120 Å². The minimum absolute atomic E-state index is 1.04. The fraction of sp³-hybridized carbons (Fsp3) is 1.00. The van der Waals surface area contributed by atoms with E-state index in [2.05, 4.69) is 23.8 Å². The van der Waals surface area contributed by atoms with E-state index < -0.39 is 0 Å². The maximum Gasteiger partial charge on any atom is -0.00160 e. The lowest BCUT2D eigenvalue weighted by atomic mass is 9.79. The first-order valence-electron chi connectivity index (χ1n) is 8.70. The van der Waals surface area contributed by atoms with Crippen LogP contribution in [0.25, 0.3) is 0 Å². The SMILES string of the molecule is CCCCCCN1CCC(C2CCN(C)CC2)CC1. The molecule has 0 amide bonds. The highest BCUT2D eigenvalue weighted by molar-refractivity contribution is 4.81. The predicted molar refractivity (Wildman–Crippen MR) is 83.5 cm³/mol. The lowest BCUT2D eigenvalue weighted by Crippen LogP contribution is -2.40. The fourth-order valence-corrected chi connectivity index (χ4v) is 3.91. The Hall–Kier alpha value is -0.0800. The van der Waals surface area contributed by atoms with Gasteiger partial charge >= 0.3 is 0 Å². The van der Waals surface area contributed by atoms with E-state index in [-0.39, 0.29) is 0 Å². The second-order valence-electron chi connectivity index (χ2n) is 6.88. The summed E-state index contributed by atoms with van der Waals surface area (Å²) in [4.78, 5) is 5.22. The van der Waals surface area contributed by atoms with Gasteiger partial charge in [0, 0.05) is 0 Å². The lowest BCUT2D eigenvalue weighted by molar-refractivity contribution is 0.104. The Morgan fingerprint density at radius 3 is 1.95 bits per heavy atom. The number of likely N-dealkylation sites (tertiary alicyclic amines) is 2. The minimum Gasteiger partial charge on any atom is -0.306 e. The molecule has 2 heterocycles. The summed E-state index contributed by atoms with van der Waals surface area (Å²) < 4.78 is 0. The maximum absolute atomic E-state index is 2.72. The molecule has 0 spiro atoms. The van der Waals surface area contributed by atoms with E-state index in [4.69, 9.17) is 0 Å². The van der Waals surface area contributed by atoms with E-state index in [1.54, 1.807) is 0 Å². The summed E-state index contributed by atoms with van der Waals surface area (Å²) in [6.07, 6.45) is 11.5. The second kappa shape index (κ2) is 8.26. The van der Waals surface area contributed by atoms with Crippen LogP contribution in [0, 0.1) is 11.8 Å². The Bertz CT molecular complexity index is 225. The fourth-order valence-electron chi connectivity index (χ4n) is 3.91. The second-order valence-corrected chi connectivity index (χ2v) is 6.88. The van der Waals surface area contributed by atoms with Crippen molar-refractivity contribution in [1.29, 1.82) is 0 Å². The molecular formula is C17H34N2. The number of nitrogens with zero attached hydrogens (tertiary/aromatic N) is 2. The van der Waals surface area contributed by atoms with Gasteiger partial charge in [0.2, 0.25) is 0 Å². The van der Waals surface area contributed by atoms with Gasteiger partial charge in [-0.15, -0.1) is 0 Å². The Balaban J connectivity index is 1.59. The van der Waals surface area contributed by atoms with Crippen LogP contribution >= 0.6 is 0 Å². The van der Waals surface area contributed by atoms with Crippen LogP contribution in [0.4, 0.5) is 0 Å². The number of rotatable bonds is 6. The molecule has 0 saturated carbocycles. The Morgan fingerprint density at radius 2 is 1.37 bits per heavy atom. The lowest BCUT2D eigenvalue weighted by Gasteiger charge is -2.39. The highest BCUT2D eigenvalue weighted by Gasteiger charge is 2.28. The molecule has 2 nitrogen and oxygen atoms in total. The number of hydrogen-bond donors (Lipinski definition) is 0. The molecule has 2 heteroatoms. The Kier molecular flexibility index (Phi) is 6.66. The molecule has 2 fully saturated rings. The zero-order chi connectivity index (χ0) is 13.5. The van der Waals surface area contributed by atoms with Crippen LogP contribution in [0.3, 0.4) is 0 Å². The minimum atomic E-state index is 1.04. The first kappa shape index (κ1) is 15.3. The van der Waals surface area contributed by atoms with E-state index in [0.717, 1.165) is 11.8 Å². The van der Waals surface area contributed by atoms with Gasteiger partial charge in [-0.25, -0.2) is 0 Å². The van der Waals surface area contributed by atoms with Crippen LogP contribution in [-0.2, 0) is 0 Å². The largest absolute Gasteiger partial charge is 0.306 e. The summed E-state index contributed by atoms with van der Waals surface area (Å²) in [5, 5.41) is 0. The average Bonchev–Trinajstić information content (AvgIpc) is 2.45. The van der Waals surface area contributed by atoms with E-state index >= 15 is 0 Å². The topological polar surface area (TPSA) is 6.48 Å². The molecule has 0 aromatic carbocycles. The summed E-state index contributed by atoms with van der Waals surface area (Å²) >= 11 is 0. The molecule has 0 bridgehead atoms. The number of unbranched alkanes of at least 4 members (excludes halogenated alkanes) is 3. The quantitative estimate of drug-likeness (QED) is 0.678. The third kappa shape index (κ3) is 5.07. The van der Waals surface area contributed by atoms with Crippen molar-refractivity contribution >= 4 is 0 Å². The molecule has 0 atom stereocenters. The van der Waals surface area contributed by atoms with Gasteiger partial charge < -0.3 is 9.80 Å². The first-order valence-corrected chi connectivity index (χ1v) is 8.70. The Morgan fingerprint density at radius 1 is 0.789 bits per heavy atom. The van der Waals surface area contributed by atoms with Gasteiger partial charge in [0.1, 0.15) is 0 Å². The zero-order valence-corrected chi connectivity index (χ0v) is 13.2. The molecule has 0 radical (unpaired) electrons. The summed E-state index contributed by atoms with van der Waals surface area (Å²) in [6, 6.07) is 0. The van der Waals surface area contributed by atoms with Crippen LogP contribution in [0.15, 0.2) is 0 Å². The van der Waals surface area contributed by atoms with Crippen LogP contribution in [-0.4, -0.2) is 49.6 Å². The standard InChI is InChI=1S/C17H34N2/c1-3-4-5-6-11-19-14-9-17(10-15-19)16-7-12-18(2)13-8-16/h16-17H,3-15H2,1-2H3. The van der Waals surface area contributed by atoms with Crippen molar-refractivity contribution in [3.05, 3.63) is 0 Å². The monoisotopic (exact) mass is 266 g/mol. The van der Waals surface area contributed by atoms with Crippen molar-refractivity contribution in [2.45, 2.75) is 58.3 Å². The molecule has 0 unspecified atom stereocenters. The number of piperidine rings is 2. The summed E-state index contributed by atoms with van der Waals surface area (Å²) in [7, 11) is 2.27. The molecule has 112 valence electrons. The molecule has 2 rings (SSSR count). The smallest absolute Gasteiger partial charge is 0.00160 e. The van der Waals surface area contributed by atoms with Crippen molar-refractivity contribution < 1.29 is 0 Å². The van der Waals surface area contributed by atoms with Crippen LogP contribution < -0.4 is 0 Å². The van der Waals surface area contributed by atoms with E-state index in [1.807, 2.05) is 0 Å². The van der Waals surface area contributed by atoms with Crippen molar-refractivity contribution in [2.75, 3.05) is 39.8 Å². The van der Waals surface area contributed by atoms with Gasteiger partial charge in [-0.3, -0.25) is 0 Å². The van der Waals surface area contributed by atoms with Crippen molar-refractivity contribution in [2.24, 2.45) is 11.8 Å². The van der Waals surface area contributed by atoms with Gasteiger partial charge in [0.15, 0.2) is 0 Å². The molecule has 2 aliphatic rings. The third-order valence-electron chi connectivity index (χ3n) is 5.39. The maximum atomic E-state index is 2.72. The zero-order valence-electron chi connectivity index (χ0n) is 13.2. The van der Waals surface area contributed by atoms with Crippen LogP contribution in [0.2, 0.25) is 0 Å². The van der Waals surface area contributed by atoms with Crippen molar-refractivity contribution in [3.63, 3.8) is 0 Å². The van der Waals surface area contributed by atoms with E-state index in [9.17, 15) is 0 Å². The van der Waals surface area contributed by atoms with Crippen molar-refractivity contribution in [1.82, 2.24) is 9.80 Å². The van der Waals surface area contributed by atoms with Gasteiger partial charge in [0.25, 0.3) is 0 Å². The van der Waals surface area contributed by atoms with Crippen LogP contribution in [0.1, 0.15) is 58.3 Å². The summed E-state index contributed by atoms with van der Waals surface area (Å²) in [6.45, 7) is 9.09.